The van der Waals surface area contributed by atoms with Crippen LogP contribution < -0.4 is 14.9 Å². The summed E-state index contributed by atoms with van der Waals surface area (Å²) >= 11 is 1.23. The molecule has 192 valence electrons. The number of thiazole rings is 1. The molecule has 0 unspecified atom stereocenters. The number of nitrogens with zero attached hydrogens (tertiary/aromatic N) is 2. The van der Waals surface area contributed by atoms with Gasteiger partial charge in [-0.2, -0.15) is 0 Å². The van der Waals surface area contributed by atoms with E-state index in [9.17, 15) is 14.4 Å². The van der Waals surface area contributed by atoms with Crippen LogP contribution in [-0.4, -0.2) is 30.7 Å². The molecule has 38 heavy (non-hydrogen) atoms. The molecule has 0 spiro atoms. The Labute approximate surface area is 221 Å². The van der Waals surface area contributed by atoms with E-state index < -0.39 is 18.0 Å². The first-order chi connectivity index (χ1) is 18.4. The molecule has 0 radical (unpaired) electrons. The lowest BCUT2D eigenvalue weighted by molar-refractivity contribution is -0.136. The lowest BCUT2D eigenvalue weighted by Crippen LogP contribution is -2.40. The van der Waals surface area contributed by atoms with E-state index >= 15 is 0 Å². The Kier molecular flexibility index (Phi) is 6.93. The highest BCUT2D eigenvalue weighted by Gasteiger charge is 2.33. The molecule has 3 heterocycles. The Morgan fingerprint density at radius 1 is 1.03 bits per heavy atom. The molecule has 5 rings (SSSR count). The molecule has 2 aromatic heterocycles. The Hall–Kier alpha value is -4.50. The zero-order valence-corrected chi connectivity index (χ0v) is 21.8. The minimum Gasteiger partial charge on any atom is -0.466 e. The summed E-state index contributed by atoms with van der Waals surface area (Å²) in [5, 5.41) is 0. The van der Waals surface area contributed by atoms with Gasteiger partial charge in [-0.05, 0) is 36.2 Å². The first-order valence-electron chi connectivity index (χ1n) is 11.9. The normalized spacial score (nSPS) is 15.1. The minimum atomic E-state index is -0.662. The zero-order valence-electron chi connectivity index (χ0n) is 21.0. The van der Waals surface area contributed by atoms with Crippen LogP contribution >= 0.6 is 11.3 Å². The molecule has 4 aromatic rings. The number of carbonyl (C=O) groups is 2. The van der Waals surface area contributed by atoms with Gasteiger partial charge in [0.2, 0.25) is 0 Å². The number of ether oxygens (including phenoxy) is 2. The molecule has 2 aromatic carbocycles. The van der Waals surface area contributed by atoms with Crippen LogP contribution in [0.2, 0.25) is 0 Å². The van der Waals surface area contributed by atoms with Crippen molar-refractivity contribution in [2.45, 2.75) is 19.4 Å². The molecule has 0 saturated carbocycles. The van der Waals surface area contributed by atoms with Crippen molar-refractivity contribution < 1.29 is 23.5 Å². The van der Waals surface area contributed by atoms with Gasteiger partial charge in [-0.1, -0.05) is 60.7 Å². The van der Waals surface area contributed by atoms with E-state index in [2.05, 4.69) is 4.99 Å². The molecule has 0 bridgehead atoms. The maximum atomic E-state index is 13.7. The molecule has 0 saturated heterocycles. The Balaban J connectivity index is 1.61. The van der Waals surface area contributed by atoms with Crippen LogP contribution in [0.1, 0.15) is 41.1 Å². The number of furan rings is 1. The quantitative estimate of drug-likeness (QED) is 0.353. The molecule has 9 heteroatoms. The summed E-state index contributed by atoms with van der Waals surface area (Å²) in [5.41, 5.74) is 2.55. The summed E-state index contributed by atoms with van der Waals surface area (Å²) < 4.78 is 17.8. The van der Waals surface area contributed by atoms with Crippen molar-refractivity contribution in [3.05, 3.63) is 115 Å². The van der Waals surface area contributed by atoms with Crippen LogP contribution in [0.5, 0.6) is 0 Å². The molecule has 1 aliphatic heterocycles. The molecule has 0 amide bonds. The summed E-state index contributed by atoms with van der Waals surface area (Å²) in [5.74, 6) is 0.0511. The SMILES string of the molecule is CCC1=C(C(=O)OC)[C@H](c2ccccc2)n2c(s/c(=C/c3ccc(-c4cccc(C(=O)OC)c4)o3)c2=O)=N1. The number of methoxy groups -OCH3 is 2. The van der Waals surface area contributed by atoms with Gasteiger partial charge in [-0.25, -0.2) is 14.6 Å². The zero-order chi connectivity index (χ0) is 26.8. The summed E-state index contributed by atoms with van der Waals surface area (Å²) in [6.45, 7) is 1.91. The van der Waals surface area contributed by atoms with Crippen LogP contribution in [0.25, 0.3) is 17.4 Å². The summed E-state index contributed by atoms with van der Waals surface area (Å²) in [6, 6.07) is 19.2. The monoisotopic (exact) mass is 528 g/mol. The van der Waals surface area contributed by atoms with Crippen LogP contribution in [0.4, 0.5) is 0 Å². The fourth-order valence-corrected chi connectivity index (χ4v) is 5.45. The van der Waals surface area contributed by atoms with Crippen molar-refractivity contribution in [2.75, 3.05) is 14.2 Å². The van der Waals surface area contributed by atoms with E-state index in [0.717, 1.165) is 5.56 Å². The van der Waals surface area contributed by atoms with Crippen molar-refractivity contribution in [3.63, 3.8) is 0 Å². The van der Waals surface area contributed by atoms with E-state index in [1.165, 1.54) is 25.6 Å². The van der Waals surface area contributed by atoms with Crippen LogP contribution in [0.15, 0.2) is 92.2 Å². The largest absolute Gasteiger partial charge is 0.466 e. The number of rotatable bonds is 6. The lowest BCUT2D eigenvalue weighted by atomic mass is 9.95. The maximum Gasteiger partial charge on any atom is 0.338 e. The van der Waals surface area contributed by atoms with Gasteiger partial charge in [-0.3, -0.25) is 9.36 Å². The van der Waals surface area contributed by atoms with Gasteiger partial charge < -0.3 is 13.9 Å². The van der Waals surface area contributed by atoms with E-state index in [-0.39, 0.29) is 5.56 Å². The van der Waals surface area contributed by atoms with Crippen molar-refractivity contribution >= 4 is 29.4 Å². The number of esters is 2. The third-order valence-electron chi connectivity index (χ3n) is 6.23. The van der Waals surface area contributed by atoms with Gasteiger partial charge in [0.15, 0.2) is 4.80 Å². The van der Waals surface area contributed by atoms with E-state index in [1.807, 2.05) is 43.3 Å². The fourth-order valence-electron chi connectivity index (χ4n) is 4.45. The number of benzene rings is 2. The number of hydrogen-bond acceptors (Lipinski definition) is 8. The summed E-state index contributed by atoms with van der Waals surface area (Å²) in [4.78, 5) is 43.6. The van der Waals surface area contributed by atoms with E-state index in [4.69, 9.17) is 13.9 Å². The average Bonchev–Trinajstić information content (AvgIpc) is 3.56. The second-order valence-corrected chi connectivity index (χ2v) is 9.48. The molecule has 8 nitrogen and oxygen atoms in total. The topological polar surface area (TPSA) is 100 Å². The Morgan fingerprint density at radius 3 is 2.50 bits per heavy atom. The number of carbonyl (C=O) groups excluding carboxylic acids is 2. The summed E-state index contributed by atoms with van der Waals surface area (Å²) in [6.07, 6.45) is 2.16. The third-order valence-corrected chi connectivity index (χ3v) is 7.22. The number of allylic oxidation sites excluding steroid dienone is 1. The average molecular weight is 529 g/mol. The summed E-state index contributed by atoms with van der Waals surface area (Å²) in [7, 11) is 2.65. The van der Waals surface area contributed by atoms with E-state index in [1.54, 1.807) is 41.0 Å². The minimum absolute atomic E-state index is 0.287. The van der Waals surface area contributed by atoms with Gasteiger partial charge in [0.05, 0.1) is 41.6 Å². The number of hydrogen-bond donors (Lipinski definition) is 0. The highest BCUT2D eigenvalue weighted by atomic mass is 32.1. The van der Waals surface area contributed by atoms with Crippen LogP contribution in [-0.2, 0) is 14.3 Å². The first kappa shape index (κ1) is 25.2. The lowest BCUT2D eigenvalue weighted by Gasteiger charge is -2.25. The predicted molar refractivity (Wildman–Crippen MR) is 142 cm³/mol. The third kappa shape index (κ3) is 4.52. The van der Waals surface area contributed by atoms with Gasteiger partial charge in [0.1, 0.15) is 11.5 Å². The van der Waals surface area contributed by atoms with Crippen molar-refractivity contribution in [3.8, 4) is 11.3 Å². The molecule has 1 aliphatic rings. The first-order valence-corrected chi connectivity index (χ1v) is 12.7. The smallest absolute Gasteiger partial charge is 0.338 e. The van der Waals surface area contributed by atoms with Gasteiger partial charge in [-0.15, -0.1) is 0 Å². The molecule has 0 fully saturated rings. The molecule has 0 N–H and O–H groups in total. The second kappa shape index (κ2) is 10.5. The standard InChI is InChI=1S/C29H24N2O6S/c1-4-21-24(28(34)36-3)25(17-9-6-5-7-10-17)31-26(32)23(38-29(31)30-21)16-20-13-14-22(37-20)18-11-8-12-19(15-18)27(33)35-2/h5-16,25H,4H2,1-3H3/b23-16+/t25-/m0/s1. The highest BCUT2D eigenvalue weighted by Crippen LogP contribution is 2.31. The van der Waals surface area contributed by atoms with Gasteiger partial charge >= 0.3 is 11.9 Å². The Bertz CT molecular complexity index is 1740. The number of fused-ring (bicyclic) bond motifs is 1. The maximum absolute atomic E-state index is 13.7. The van der Waals surface area contributed by atoms with Crippen LogP contribution in [0.3, 0.4) is 0 Å². The van der Waals surface area contributed by atoms with Crippen LogP contribution in [0, 0.1) is 0 Å². The Morgan fingerprint density at radius 2 is 1.79 bits per heavy atom. The van der Waals surface area contributed by atoms with Crippen molar-refractivity contribution in [1.29, 1.82) is 0 Å². The predicted octanol–water partition coefficient (Wildman–Crippen LogP) is 3.84. The van der Waals surface area contributed by atoms with Crippen molar-refractivity contribution in [2.24, 2.45) is 4.99 Å². The highest BCUT2D eigenvalue weighted by molar-refractivity contribution is 7.07. The van der Waals surface area contributed by atoms with Gasteiger partial charge in [0.25, 0.3) is 5.56 Å². The molecule has 1 atom stereocenters. The number of aromatic nitrogens is 1. The van der Waals surface area contributed by atoms with Crippen molar-refractivity contribution in [1.82, 2.24) is 4.57 Å². The second-order valence-electron chi connectivity index (χ2n) is 8.47. The molecular weight excluding hydrogens is 504 g/mol. The van der Waals surface area contributed by atoms with Gasteiger partial charge in [0, 0.05) is 11.6 Å². The fraction of sp³-hybridized carbons (Fsp3) is 0.172. The molecular formula is C29H24N2O6S. The van der Waals surface area contributed by atoms with E-state index in [0.29, 0.717) is 49.7 Å². The molecule has 0 aliphatic carbocycles.